The molecule has 0 N–H and O–H groups in total. The molecule has 0 amide bonds. The zero-order valence-corrected chi connectivity index (χ0v) is 10.3. The summed E-state index contributed by atoms with van der Waals surface area (Å²) < 4.78 is 18.3. The Morgan fingerprint density at radius 1 is 1.35 bits per heavy atom. The van der Waals surface area contributed by atoms with Gasteiger partial charge in [-0.1, -0.05) is 0 Å². The van der Waals surface area contributed by atoms with E-state index in [1.165, 1.54) is 30.6 Å². The van der Waals surface area contributed by atoms with Crippen LogP contribution < -0.4 is 4.74 Å². The Morgan fingerprint density at radius 3 is 2.65 bits per heavy atom. The number of hydrogen-bond donors (Lipinski definition) is 0. The lowest BCUT2D eigenvalue weighted by atomic mass is 10.0. The monoisotopic (exact) mass is 250 g/mol. The number of carbonyl (C=O) groups excluding carboxylic acids is 1. The zero-order valence-electron chi connectivity index (χ0n) is 9.49. The maximum absolute atomic E-state index is 13.5. The quantitative estimate of drug-likeness (QED) is 0.780. The van der Waals surface area contributed by atoms with Gasteiger partial charge in [0.2, 0.25) is 0 Å². The molecule has 1 heterocycles. The minimum atomic E-state index is -0.522. The summed E-state index contributed by atoms with van der Waals surface area (Å²) in [4.78, 5) is 13.0. The molecule has 1 aromatic heterocycles. The number of halogens is 1. The van der Waals surface area contributed by atoms with E-state index < -0.39 is 5.82 Å². The standard InChI is InChI=1S/C13H11FO2S/c1-8-10(5-6-17-8)13(15)9-3-4-12(16-2)11(14)7-9/h3-7H,1-2H3. The summed E-state index contributed by atoms with van der Waals surface area (Å²) in [7, 11) is 1.39. The number of thiophene rings is 1. The molecule has 0 radical (unpaired) electrons. The Bertz CT molecular complexity index is 560. The minimum Gasteiger partial charge on any atom is -0.494 e. The number of methoxy groups -OCH3 is 1. The largest absolute Gasteiger partial charge is 0.494 e. The Balaban J connectivity index is 2.39. The van der Waals surface area contributed by atoms with E-state index in [2.05, 4.69) is 0 Å². The molecule has 0 saturated carbocycles. The van der Waals surface area contributed by atoms with Crippen LogP contribution in [0.15, 0.2) is 29.6 Å². The predicted molar refractivity (Wildman–Crippen MR) is 65.4 cm³/mol. The van der Waals surface area contributed by atoms with Crippen LogP contribution in [-0.4, -0.2) is 12.9 Å². The fourth-order valence-corrected chi connectivity index (χ4v) is 2.28. The molecule has 0 atom stereocenters. The summed E-state index contributed by atoms with van der Waals surface area (Å²) in [6.07, 6.45) is 0. The van der Waals surface area contributed by atoms with Crippen LogP contribution in [0.1, 0.15) is 20.8 Å². The molecule has 4 heteroatoms. The van der Waals surface area contributed by atoms with Crippen LogP contribution in [0.4, 0.5) is 4.39 Å². The Hall–Kier alpha value is -1.68. The van der Waals surface area contributed by atoms with E-state index >= 15 is 0 Å². The van der Waals surface area contributed by atoms with Gasteiger partial charge >= 0.3 is 0 Å². The number of carbonyl (C=O) groups is 1. The molecule has 0 unspecified atom stereocenters. The predicted octanol–water partition coefficient (Wildman–Crippen LogP) is 3.44. The highest BCUT2D eigenvalue weighted by Crippen LogP contribution is 2.22. The van der Waals surface area contributed by atoms with E-state index in [-0.39, 0.29) is 11.5 Å². The molecular weight excluding hydrogens is 239 g/mol. The average molecular weight is 250 g/mol. The minimum absolute atomic E-state index is 0.142. The van der Waals surface area contributed by atoms with Gasteiger partial charge in [0.25, 0.3) is 0 Å². The van der Waals surface area contributed by atoms with E-state index in [0.717, 1.165) is 4.88 Å². The third-order valence-corrected chi connectivity index (χ3v) is 3.36. The number of ketones is 1. The van der Waals surface area contributed by atoms with Gasteiger partial charge in [0.05, 0.1) is 7.11 Å². The van der Waals surface area contributed by atoms with Gasteiger partial charge in [0.1, 0.15) is 0 Å². The SMILES string of the molecule is COc1ccc(C(=O)c2ccsc2C)cc1F. The zero-order chi connectivity index (χ0) is 12.4. The van der Waals surface area contributed by atoms with E-state index in [4.69, 9.17) is 4.74 Å². The van der Waals surface area contributed by atoms with Crippen molar-refractivity contribution in [3.8, 4) is 5.75 Å². The second-order valence-corrected chi connectivity index (χ2v) is 4.69. The van der Waals surface area contributed by atoms with Crippen molar-refractivity contribution in [2.24, 2.45) is 0 Å². The summed E-state index contributed by atoms with van der Waals surface area (Å²) in [5.74, 6) is -0.542. The first-order valence-corrected chi connectivity index (χ1v) is 5.94. The van der Waals surface area contributed by atoms with Crippen molar-refractivity contribution >= 4 is 17.1 Å². The van der Waals surface area contributed by atoms with Gasteiger partial charge in [-0.2, -0.15) is 0 Å². The van der Waals surface area contributed by atoms with Crippen molar-refractivity contribution in [1.29, 1.82) is 0 Å². The molecule has 2 aromatic rings. The highest BCUT2D eigenvalue weighted by Gasteiger charge is 2.14. The number of benzene rings is 1. The van der Waals surface area contributed by atoms with Gasteiger partial charge in [-0.3, -0.25) is 4.79 Å². The normalized spacial score (nSPS) is 10.3. The van der Waals surface area contributed by atoms with Gasteiger partial charge in [0, 0.05) is 16.0 Å². The topological polar surface area (TPSA) is 26.3 Å². The number of ether oxygens (including phenoxy) is 1. The molecule has 0 aliphatic carbocycles. The Morgan fingerprint density at radius 2 is 2.12 bits per heavy atom. The van der Waals surface area contributed by atoms with Crippen LogP contribution >= 0.6 is 11.3 Å². The van der Waals surface area contributed by atoms with Crippen LogP contribution in [0.3, 0.4) is 0 Å². The molecule has 2 nitrogen and oxygen atoms in total. The van der Waals surface area contributed by atoms with E-state index in [0.29, 0.717) is 11.1 Å². The molecule has 0 saturated heterocycles. The second-order valence-electron chi connectivity index (χ2n) is 3.57. The van der Waals surface area contributed by atoms with Crippen molar-refractivity contribution in [3.63, 3.8) is 0 Å². The lowest BCUT2D eigenvalue weighted by Crippen LogP contribution is -2.02. The fraction of sp³-hybridized carbons (Fsp3) is 0.154. The molecule has 2 rings (SSSR count). The van der Waals surface area contributed by atoms with E-state index in [1.807, 2.05) is 12.3 Å². The van der Waals surface area contributed by atoms with Gasteiger partial charge in [-0.05, 0) is 36.6 Å². The van der Waals surface area contributed by atoms with Crippen molar-refractivity contribution in [2.45, 2.75) is 6.92 Å². The Labute approximate surface area is 103 Å². The maximum atomic E-state index is 13.5. The van der Waals surface area contributed by atoms with Gasteiger partial charge in [0.15, 0.2) is 17.3 Å². The summed E-state index contributed by atoms with van der Waals surface area (Å²) >= 11 is 1.50. The third kappa shape index (κ3) is 2.22. The number of aryl methyl sites for hydroxylation is 1. The molecule has 0 aliphatic rings. The number of rotatable bonds is 3. The van der Waals surface area contributed by atoms with E-state index in [1.54, 1.807) is 12.1 Å². The van der Waals surface area contributed by atoms with Gasteiger partial charge in [-0.15, -0.1) is 11.3 Å². The average Bonchev–Trinajstić information content (AvgIpc) is 2.74. The lowest BCUT2D eigenvalue weighted by Gasteiger charge is -2.04. The first kappa shape index (κ1) is 11.8. The van der Waals surface area contributed by atoms with Crippen LogP contribution in [0.25, 0.3) is 0 Å². The Kier molecular flexibility index (Phi) is 3.24. The highest BCUT2D eigenvalue weighted by molar-refractivity contribution is 7.10. The third-order valence-electron chi connectivity index (χ3n) is 2.52. The molecule has 0 spiro atoms. The lowest BCUT2D eigenvalue weighted by molar-refractivity contribution is 0.103. The molecule has 88 valence electrons. The summed E-state index contributed by atoms with van der Waals surface area (Å²) in [5.41, 5.74) is 0.962. The van der Waals surface area contributed by atoms with Crippen LogP contribution in [0, 0.1) is 12.7 Å². The van der Waals surface area contributed by atoms with Crippen molar-refractivity contribution in [1.82, 2.24) is 0 Å². The van der Waals surface area contributed by atoms with Crippen molar-refractivity contribution in [3.05, 3.63) is 51.5 Å². The summed E-state index contributed by atoms with van der Waals surface area (Å²) in [6, 6.07) is 5.99. The molecule has 0 fully saturated rings. The smallest absolute Gasteiger partial charge is 0.194 e. The molecule has 1 aromatic carbocycles. The molecule has 17 heavy (non-hydrogen) atoms. The van der Waals surface area contributed by atoms with Crippen LogP contribution in [0.5, 0.6) is 5.75 Å². The van der Waals surface area contributed by atoms with Crippen molar-refractivity contribution in [2.75, 3.05) is 7.11 Å². The van der Waals surface area contributed by atoms with E-state index in [9.17, 15) is 9.18 Å². The maximum Gasteiger partial charge on any atom is 0.194 e. The van der Waals surface area contributed by atoms with Gasteiger partial charge < -0.3 is 4.74 Å². The van der Waals surface area contributed by atoms with Crippen LogP contribution in [0.2, 0.25) is 0 Å². The van der Waals surface area contributed by atoms with Gasteiger partial charge in [-0.25, -0.2) is 4.39 Å². The first-order chi connectivity index (χ1) is 8.13. The molecular formula is C13H11FO2S. The highest BCUT2D eigenvalue weighted by atomic mass is 32.1. The first-order valence-electron chi connectivity index (χ1n) is 5.06. The molecule has 0 bridgehead atoms. The van der Waals surface area contributed by atoms with Crippen LogP contribution in [-0.2, 0) is 0 Å². The summed E-state index contributed by atoms with van der Waals surface area (Å²) in [6.45, 7) is 1.87. The van der Waals surface area contributed by atoms with Crippen molar-refractivity contribution < 1.29 is 13.9 Å². The summed E-state index contributed by atoms with van der Waals surface area (Å²) in [5, 5.41) is 1.85. The fourth-order valence-electron chi connectivity index (χ4n) is 1.58. The second kappa shape index (κ2) is 4.67. The number of hydrogen-bond acceptors (Lipinski definition) is 3. The molecule has 0 aliphatic heterocycles.